The largest absolute Gasteiger partial charge is 0.416 e. The molecule has 0 bridgehead atoms. The molecular weight excluding hydrogens is 216 g/mol. The Morgan fingerprint density at radius 3 is 2.43 bits per heavy atom. The number of rotatable bonds is 2. The zero-order chi connectivity index (χ0) is 10.8. The van der Waals surface area contributed by atoms with Crippen molar-refractivity contribution in [2.24, 2.45) is 0 Å². The molecular formula is C9H8F4S. The summed E-state index contributed by atoms with van der Waals surface area (Å²) in [5.41, 5.74) is -0.766. The summed E-state index contributed by atoms with van der Waals surface area (Å²) in [5, 5.41) is 0. The maximum Gasteiger partial charge on any atom is 0.416 e. The molecule has 0 unspecified atom stereocenters. The maximum atomic E-state index is 12.7. The Morgan fingerprint density at radius 1 is 1.29 bits per heavy atom. The van der Waals surface area contributed by atoms with Crippen LogP contribution in [-0.2, 0) is 11.9 Å². The lowest BCUT2D eigenvalue weighted by atomic mass is 10.1. The molecule has 5 heteroatoms. The van der Waals surface area contributed by atoms with Gasteiger partial charge in [0.15, 0.2) is 0 Å². The predicted molar refractivity (Wildman–Crippen MR) is 48.6 cm³/mol. The molecule has 0 N–H and O–H groups in total. The predicted octanol–water partition coefficient (Wildman–Crippen LogP) is 3.71. The van der Waals surface area contributed by atoms with Crippen LogP contribution in [0.1, 0.15) is 11.1 Å². The second kappa shape index (κ2) is 4.21. The van der Waals surface area contributed by atoms with E-state index >= 15 is 0 Å². The van der Waals surface area contributed by atoms with Crippen LogP contribution in [0.15, 0.2) is 18.2 Å². The topological polar surface area (TPSA) is 0 Å². The average Bonchev–Trinajstić information content (AvgIpc) is 2.02. The molecule has 14 heavy (non-hydrogen) atoms. The monoisotopic (exact) mass is 224 g/mol. The molecule has 0 nitrogen and oxygen atoms in total. The molecule has 0 radical (unpaired) electrons. The Hall–Kier alpha value is -0.710. The second-order valence-electron chi connectivity index (χ2n) is 2.73. The van der Waals surface area contributed by atoms with Crippen molar-refractivity contribution >= 4 is 11.8 Å². The highest BCUT2D eigenvalue weighted by molar-refractivity contribution is 7.97. The molecule has 1 rings (SSSR count). The highest BCUT2D eigenvalue weighted by Gasteiger charge is 2.33. The molecule has 0 aliphatic rings. The van der Waals surface area contributed by atoms with Gasteiger partial charge >= 0.3 is 6.18 Å². The van der Waals surface area contributed by atoms with Crippen LogP contribution in [-0.4, -0.2) is 6.26 Å². The summed E-state index contributed by atoms with van der Waals surface area (Å²) in [4.78, 5) is 0. The first-order valence-electron chi connectivity index (χ1n) is 3.79. The number of thioether (sulfide) groups is 1. The van der Waals surface area contributed by atoms with E-state index < -0.39 is 17.6 Å². The molecule has 0 aliphatic carbocycles. The lowest BCUT2D eigenvalue weighted by molar-refractivity contribution is -0.138. The van der Waals surface area contributed by atoms with Gasteiger partial charge in [-0.3, -0.25) is 0 Å². The molecule has 1 aromatic carbocycles. The first-order valence-corrected chi connectivity index (χ1v) is 5.19. The van der Waals surface area contributed by atoms with Crippen LogP contribution >= 0.6 is 11.8 Å². The van der Waals surface area contributed by atoms with Gasteiger partial charge < -0.3 is 0 Å². The summed E-state index contributed by atoms with van der Waals surface area (Å²) in [6.07, 6.45) is -2.73. The van der Waals surface area contributed by atoms with Crippen molar-refractivity contribution in [2.75, 3.05) is 6.26 Å². The van der Waals surface area contributed by atoms with Gasteiger partial charge in [0.2, 0.25) is 0 Å². The van der Waals surface area contributed by atoms with Crippen LogP contribution in [0.5, 0.6) is 0 Å². The Labute approximate surface area is 83.3 Å². The van der Waals surface area contributed by atoms with Crippen LogP contribution in [0.4, 0.5) is 17.6 Å². The van der Waals surface area contributed by atoms with Crippen LogP contribution in [0.25, 0.3) is 0 Å². The minimum atomic E-state index is -4.40. The number of halogens is 4. The highest BCUT2D eigenvalue weighted by atomic mass is 32.2. The quantitative estimate of drug-likeness (QED) is 0.690. The average molecular weight is 224 g/mol. The molecule has 0 aliphatic heterocycles. The SMILES string of the molecule is CSCc1cc(F)ccc1C(F)(F)F. The van der Waals surface area contributed by atoms with Crippen LogP contribution in [0.2, 0.25) is 0 Å². The molecule has 78 valence electrons. The summed E-state index contributed by atoms with van der Waals surface area (Å²) in [7, 11) is 0. The summed E-state index contributed by atoms with van der Waals surface area (Å²) >= 11 is 1.23. The Morgan fingerprint density at radius 2 is 1.93 bits per heavy atom. The molecule has 0 amide bonds. The lowest BCUT2D eigenvalue weighted by Gasteiger charge is -2.11. The third kappa shape index (κ3) is 2.64. The van der Waals surface area contributed by atoms with Gasteiger partial charge in [-0.15, -0.1) is 0 Å². The van der Waals surface area contributed by atoms with E-state index in [1.54, 1.807) is 6.26 Å². The first-order chi connectivity index (χ1) is 6.45. The number of hydrogen-bond donors (Lipinski definition) is 0. The van der Waals surface area contributed by atoms with Gasteiger partial charge in [0.25, 0.3) is 0 Å². The van der Waals surface area contributed by atoms with E-state index in [1.807, 2.05) is 0 Å². The standard InChI is InChI=1S/C9H8F4S/c1-14-5-6-4-7(10)2-3-8(6)9(11,12)13/h2-4H,5H2,1H3. The van der Waals surface area contributed by atoms with Gasteiger partial charge in [-0.2, -0.15) is 24.9 Å². The molecule has 1 aromatic rings. The van der Waals surface area contributed by atoms with Gasteiger partial charge in [0, 0.05) is 5.75 Å². The van der Waals surface area contributed by atoms with Crippen molar-refractivity contribution in [1.29, 1.82) is 0 Å². The normalized spacial score (nSPS) is 11.8. The Kier molecular flexibility index (Phi) is 3.42. The zero-order valence-electron chi connectivity index (χ0n) is 7.36. The van der Waals surface area contributed by atoms with Crippen molar-refractivity contribution < 1.29 is 17.6 Å². The van der Waals surface area contributed by atoms with Crippen LogP contribution in [0, 0.1) is 5.82 Å². The van der Waals surface area contributed by atoms with Crippen molar-refractivity contribution in [3.63, 3.8) is 0 Å². The fourth-order valence-electron chi connectivity index (χ4n) is 1.11. The van der Waals surface area contributed by atoms with Crippen molar-refractivity contribution in [2.45, 2.75) is 11.9 Å². The van der Waals surface area contributed by atoms with Gasteiger partial charge in [-0.1, -0.05) is 0 Å². The number of hydrogen-bond acceptors (Lipinski definition) is 1. The van der Waals surface area contributed by atoms with E-state index in [-0.39, 0.29) is 11.3 Å². The fraction of sp³-hybridized carbons (Fsp3) is 0.333. The molecule has 0 heterocycles. The molecule has 0 atom stereocenters. The minimum absolute atomic E-state index is 0.00926. The van der Waals surface area contributed by atoms with E-state index in [0.29, 0.717) is 0 Å². The van der Waals surface area contributed by atoms with Crippen molar-refractivity contribution in [3.05, 3.63) is 35.1 Å². The smallest absolute Gasteiger partial charge is 0.207 e. The third-order valence-electron chi connectivity index (χ3n) is 1.67. The van der Waals surface area contributed by atoms with Crippen molar-refractivity contribution in [3.8, 4) is 0 Å². The Balaban J connectivity index is 3.15. The lowest BCUT2D eigenvalue weighted by Crippen LogP contribution is -2.08. The Bertz CT molecular complexity index is 319. The van der Waals surface area contributed by atoms with Gasteiger partial charge in [-0.05, 0) is 30.0 Å². The van der Waals surface area contributed by atoms with E-state index in [0.717, 1.165) is 18.2 Å². The van der Waals surface area contributed by atoms with Crippen molar-refractivity contribution in [1.82, 2.24) is 0 Å². The van der Waals surface area contributed by atoms with Crippen LogP contribution in [0.3, 0.4) is 0 Å². The van der Waals surface area contributed by atoms with E-state index in [4.69, 9.17) is 0 Å². The summed E-state index contributed by atoms with van der Waals surface area (Å²) in [6, 6.07) is 2.53. The van der Waals surface area contributed by atoms with Crippen LogP contribution < -0.4 is 0 Å². The summed E-state index contributed by atoms with van der Waals surface area (Å²) < 4.78 is 49.8. The molecule has 0 fully saturated rings. The molecule has 0 saturated heterocycles. The number of alkyl halides is 3. The fourth-order valence-corrected chi connectivity index (χ4v) is 1.66. The number of benzene rings is 1. The minimum Gasteiger partial charge on any atom is -0.207 e. The molecule has 0 saturated carbocycles. The first kappa shape index (κ1) is 11.4. The maximum absolute atomic E-state index is 12.7. The molecule has 0 spiro atoms. The van der Waals surface area contributed by atoms with E-state index in [9.17, 15) is 17.6 Å². The third-order valence-corrected chi connectivity index (χ3v) is 2.27. The zero-order valence-corrected chi connectivity index (χ0v) is 8.18. The second-order valence-corrected chi connectivity index (χ2v) is 3.60. The van der Waals surface area contributed by atoms with E-state index in [2.05, 4.69) is 0 Å². The highest BCUT2D eigenvalue weighted by Crippen LogP contribution is 2.33. The van der Waals surface area contributed by atoms with Gasteiger partial charge in [-0.25, -0.2) is 4.39 Å². The molecule has 0 aromatic heterocycles. The summed E-state index contributed by atoms with van der Waals surface area (Å²) in [5.74, 6) is -0.478. The summed E-state index contributed by atoms with van der Waals surface area (Å²) in [6.45, 7) is 0. The van der Waals surface area contributed by atoms with E-state index in [1.165, 1.54) is 11.8 Å². The van der Waals surface area contributed by atoms with Gasteiger partial charge in [0.05, 0.1) is 5.56 Å². The van der Waals surface area contributed by atoms with Gasteiger partial charge in [0.1, 0.15) is 5.82 Å².